The second-order valence-corrected chi connectivity index (χ2v) is 7.42. The molecule has 2 aromatic rings. The summed E-state index contributed by atoms with van der Waals surface area (Å²) in [6, 6.07) is 16.5. The largest absolute Gasteiger partial charge is 0.338 e. The minimum Gasteiger partial charge on any atom is -0.338 e. The molecule has 1 aliphatic rings. The van der Waals surface area contributed by atoms with E-state index in [1.54, 1.807) is 0 Å². The molecule has 1 aliphatic heterocycles. The summed E-state index contributed by atoms with van der Waals surface area (Å²) in [5.41, 5.74) is 4.67. The minimum absolute atomic E-state index is 0.175. The highest BCUT2D eigenvalue weighted by Gasteiger charge is 2.24. The maximum Gasteiger partial charge on any atom is 0.254 e. The number of carbonyl (C=O) groups is 1. The van der Waals surface area contributed by atoms with Gasteiger partial charge in [0.05, 0.1) is 0 Å². The van der Waals surface area contributed by atoms with Crippen LogP contribution >= 0.6 is 11.8 Å². The minimum atomic E-state index is 0.175. The zero-order valence-corrected chi connectivity index (χ0v) is 14.6. The average Bonchev–Trinajstić information content (AvgIpc) is 2.81. The Labute approximate surface area is 142 Å². The molecule has 3 heteroatoms. The number of nitrogens with zero attached hydrogens (tertiary/aromatic N) is 1. The molecular formula is C20H23NOS. The zero-order valence-electron chi connectivity index (χ0n) is 13.8. The van der Waals surface area contributed by atoms with Crippen LogP contribution in [0.4, 0.5) is 0 Å². The average molecular weight is 325 g/mol. The number of hydrogen-bond acceptors (Lipinski definition) is 2. The Morgan fingerprint density at radius 3 is 2.43 bits per heavy atom. The number of hydrogen-bond donors (Lipinski definition) is 0. The number of carbonyl (C=O) groups excluding carboxylic acids is 1. The van der Waals surface area contributed by atoms with Crippen molar-refractivity contribution in [3.8, 4) is 0 Å². The molecule has 1 heterocycles. The van der Waals surface area contributed by atoms with Crippen LogP contribution in [0.2, 0.25) is 0 Å². The van der Waals surface area contributed by atoms with Gasteiger partial charge in [0.15, 0.2) is 0 Å². The van der Waals surface area contributed by atoms with Crippen molar-refractivity contribution in [1.82, 2.24) is 4.90 Å². The van der Waals surface area contributed by atoms with E-state index in [-0.39, 0.29) is 5.91 Å². The maximum atomic E-state index is 12.8. The molecule has 0 unspecified atom stereocenters. The van der Waals surface area contributed by atoms with Crippen LogP contribution in [0.15, 0.2) is 48.5 Å². The Bertz CT molecular complexity index is 698. The lowest BCUT2D eigenvalue weighted by Crippen LogP contribution is -2.33. The fourth-order valence-electron chi connectivity index (χ4n) is 3.15. The van der Waals surface area contributed by atoms with E-state index in [9.17, 15) is 4.79 Å². The molecule has 0 bridgehead atoms. The predicted molar refractivity (Wildman–Crippen MR) is 98.1 cm³/mol. The Morgan fingerprint density at radius 2 is 1.70 bits per heavy atom. The Kier molecular flexibility index (Phi) is 5.06. The Balaban J connectivity index is 1.73. The number of aryl methyl sites for hydroxylation is 2. The first-order chi connectivity index (χ1) is 11.2. The van der Waals surface area contributed by atoms with Gasteiger partial charge >= 0.3 is 0 Å². The molecule has 1 atom stereocenters. The quantitative estimate of drug-likeness (QED) is 0.803. The highest BCUT2D eigenvalue weighted by Crippen LogP contribution is 2.36. The van der Waals surface area contributed by atoms with E-state index in [0.717, 1.165) is 36.4 Å². The molecule has 2 aromatic carbocycles. The maximum absolute atomic E-state index is 12.8. The molecule has 0 N–H and O–H groups in total. The van der Waals surface area contributed by atoms with Gasteiger partial charge in [0, 0.05) is 29.7 Å². The molecule has 2 nitrogen and oxygen atoms in total. The second kappa shape index (κ2) is 7.22. The van der Waals surface area contributed by atoms with Crippen LogP contribution in [-0.4, -0.2) is 29.6 Å². The normalized spacial score (nSPS) is 18.5. The standard InChI is InChI=1S/C20H23NOS/c1-15-7-3-5-9-17(15)19-11-12-21(13-14-23-19)20(22)18-10-6-4-8-16(18)2/h3-10,19H,11-14H2,1-2H3/t19-/m1/s1. The van der Waals surface area contributed by atoms with Gasteiger partial charge in [0.1, 0.15) is 0 Å². The fourth-order valence-corrected chi connectivity index (χ4v) is 4.48. The molecular weight excluding hydrogens is 302 g/mol. The summed E-state index contributed by atoms with van der Waals surface area (Å²) in [6.07, 6.45) is 1.02. The zero-order chi connectivity index (χ0) is 16.2. The van der Waals surface area contributed by atoms with Crippen molar-refractivity contribution in [3.63, 3.8) is 0 Å². The summed E-state index contributed by atoms with van der Waals surface area (Å²) < 4.78 is 0. The highest BCUT2D eigenvalue weighted by atomic mass is 32.2. The van der Waals surface area contributed by atoms with E-state index in [0.29, 0.717) is 5.25 Å². The Hall–Kier alpha value is -1.74. The first kappa shape index (κ1) is 16.1. The summed E-state index contributed by atoms with van der Waals surface area (Å²) in [6.45, 7) is 5.85. The van der Waals surface area contributed by atoms with Crippen molar-refractivity contribution in [2.45, 2.75) is 25.5 Å². The molecule has 1 saturated heterocycles. The third-order valence-corrected chi connectivity index (χ3v) is 5.85. The molecule has 120 valence electrons. The number of rotatable bonds is 2. The van der Waals surface area contributed by atoms with Crippen LogP contribution < -0.4 is 0 Å². The summed E-state index contributed by atoms with van der Waals surface area (Å²) in [5.74, 6) is 1.17. The lowest BCUT2D eigenvalue weighted by Gasteiger charge is -2.21. The molecule has 0 spiro atoms. The lowest BCUT2D eigenvalue weighted by atomic mass is 10.0. The number of benzene rings is 2. The molecule has 1 fully saturated rings. The topological polar surface area (TPSA) is 20.3 Å². The monoisotopic (exact) mass is 325 g/mol. The number of thioether (sulfide) groups is 1. The number of amides is 1. The highest BCUT2D eigenvalue weighted by molar-refractivity contribution is 7.99. The first-order valence-electron chi connectivity index (χ1n) is 8.19. The van der Waals surface area contributed by atoms with Crippen LogP contribution in [0.3, 0.4) is 0 Å². The SMILES string of the molecule is Cc1ccccc1C(=O)N1CCS[C@@H](c2ccccc2C)CC1. The van der Waals surface area contributed by atoms with Crippen molar-refractivity contribution < 1.29 is 4.79 Å². The summed E-state index contributed by atoms with van der Waals surface area (Å²) in [5, 5.41) is 0.492. The van der Waals surface area contributed by atoms with Crippen molar-refractivity contribution >= 4 is 17.7 Å². The van der Waals surface area contributed by atoms with Gasteiger partial charge < -0.3 is 4.90 Å². The molecule has 0 aromatic heterocycles. The van der Waals surface area contributed by atoms with Crippen molar-refractivity contribution in [1.29, 1.82) is 0 Å². The molecule has 0 aliphatic carbocycles. The first-order valence-corrected chi connectivity index (χ1v) is 9.23. The van der Waals surface area contributed by atoms with E-state index >= 15 is 0 Å². The smallest absolute Gasteiger partial charge is 0.254 e. The van der Waals surface area contributed by atoms with Gasteiger partial charge in [0.25, 0.3) is 5.91 Å². The van der Waals surface area contributed by atoms with Crippen LogP contribution in [0.25, 0.3) is 0 Å². The van der Waals surface area contributed by atoms with Crippen molar-refractivity contribution in [2.75, 3.05) is 18.8 Å². The van der Waals surface area contributed by atoms with Crippen LogP contribution in [0, 0.1) is 13.8 Å². The van der Waals surface area contributed by atoms with E-state index in [2.05, 4.69) is 31.2 Å². The molecule has 3 rings (SSSR count). The van der Waals surface area contributed by atoms with Gasteiger partial charge in [-0.1, -0.05) is 42.5 Å². The van der Waals surface area contributed by atoms with E-state index in [1.165, 1.54) is 11.1 Å². The van der Waals surface area contributed by atoms with Gasteiger partial charge in [-0.15, -0.1) is 0 Å². The van der Waals surface area contributed by atoms with Gasteiger partial charge in [0.2, 0.25) is 0 Å². The van der Waals surface area contributed by atoms with Crippen molar-refractivity contribution in [3.05, 3.63) is 70.8 Å². The third-order valence-electron chi connectivity index (χ3n) is 4.54. The van der Waals surface area contributed by atoms with Gasteiger partial charge in [-0.25, -0.2) is 0 Å². The van der Waals surface area contributed by atoms with Crippen LogP contribution in [-0.2, 0) is 0 Å². The molecule has 1 amide bonds. The Morgan fingerprint density at radius 1 is 1.00 bits per heavy atom. The van der Waals surface area contributed by atoms with Gasteiger partial charge in [-0.05, 0) is 43.0 Å². The van der Waals surface area contributed by atoms with E-state index in [1.807, 2.05) is 47.9 Å². The van der Waals surface area contributed by atoms with E-state index < -0.39 is 0 Å². The summed E-state index contributed by atoms with van der Waals surface area (Å²) >= 11 is 1.98. The molecule has 23 heavy (non-hydrogen) atoms. The summed E-state index contributed by atoms with van der Waals surface area (Å²) in [4.78, 5) is 14.8. The second-order valence-electron chi connectivity index (χ2n) is 6.11. The summed E-state index contributed by atoms with van der Waals surface area (Å²) in [7, 11) is 0. The predicted octanol–water partition coefficient (Wildman–Crippen LogP) is 4.62. The third kappa shape index (κ3) is 3.61. The van der Waals surface area contributed by atoms with Crippen LogP contribution in [0.5, 0.6) is 0 Å². The van der Waals surface area contributed by atoms with Gasteiger partial charge in [-0.2, -0.15) is 11.8 Å². The molecule has 0 saturated carbocycles. The molecule has 0 radical (unpaired) electrons. The fraction of sp³-hybridized carbons (Fsp3) is 0.350. The van der Waals surface area contributed by atoms with E-state index in [4.69, 9.17) is 0 Å². The lowest BCUT2D eigenvalue weighted by molar-refractivity contribution is 0.0766. The van der Waals surface area contributed by atoms with Crippen LogP contribution in [0.1, 0.15) is 38.7 Å². The van der Waals surface area contributed by atoms with Gasteiger partial charge in [-0.3, -0.25) is 4.79 Å². The van der Waals surface area contributed by atoms with Crippen molar-refractivity contribution in [2.24, 2.45) is 0 Å².